The molecule has 0 aliphatic heterocycles. The summed E-state index contributed by atoms with van der Waals surface area (Å²) in [6, 6.07) is 7.41. The van der Waals surface area contributed by atoms with Gasteiger partial charge in [-0.05, 0) is 24.1 Å². The third-order valence-corrected chi connectivity index (χ3v) is 1.82. The van der Waals surface area contributed by atoms with E-state index in [1.807, 2.05) is 12.1 Å². The van der Waals surface area contributed by atoms with Gasteiger partial charge < -0.3 is 0 Å². The summed E-state index contributed by atoms with van der Waals surface area (Å²) in [7, 11) is 0. The fourth-order valence-electron chi connectivity index (χ4n) is 0.892. The normalized spacial score (nSPS) is 12.5. The minimum absolute atomic E-state index is 0.652. The van der Waals surface area contributed by atoms with Crippen molar-refractivity contribution >= 4 is 17.0 Å². The molecule has 2 N–H and O–H groups in total. The molecule has 0 saturated carbocycles. The molecule has 13 heavy (non-hydrogen) atoms. The van der Waals surface area contributed by atoms with E-state index in [0.29, 0.717) is 5.69 Å². The molecule has 0 amide bonds. The summed E-state index contributed by atoms with van der Waals surface area (Å²) in [5.41, 5.74) is 4.20. The quantitative estimate of drug-likeness (QED) is 0.575. The Balaban J connectivity index is 2.54. The summed E-state index contributed by atoms with van der Waals surface area (Å²) in [5, 5.41) is 0. The molecule has 0 fully saturated rings. The largest absolute Gasteiger partial charge is 0.324 e. The van der Waals surface area contributed by atoms with Crippen molar-refractivity contribution in [2.75, 3.05) is 5.48 Å². The molecule has 1 aromatic rings. The number of rotatable bonds is 4. The van der Waals surface area contributed by atoms with Crippen LogP contribution in [0.25, 0.3) is 0 Å². The SMILES string of the molecule is CCc1ccc(NOS(=O)O)cc1. The molecule has 0 aliphatic carbocycles. The van der Waals surface area contributed by atoms with Gasteiger partial charge in [-0.1, -0.05) is 19.1 Å². The fourth-order valence-corrected chi connectivity index (χ4v) is 1.06. The number of hydrogen-bond acceptors (Lipinski definition) is 3. The molecule has 1 aromatic carbocycles. The maximum absolute atomic E-state index is 10.1. The zero-order valence-corrected chi connectivity index (χ0v) is 8.00. The van der Waals surface area contributed by atoms with E-state index in [0.717, 1.165) is 6.42 Å². The number of nitrogens with one attached hydrogen (secondary N) is 1. The van der Waals surface area contributed by atoms with Crippen molar-refractivity contribution in [3.63, 3.8) is 0 Å². The van der Waals surface area contributed by atoms with Crippen LogP contribution in [0.4, 0.5) is 5.69 Å². The summed E-state index contributed by atoms with van der Waals surface area (Å²) in [6.07, 6.45) is 0.965. The Labute approximate surface area is 79.4 Å². The minimum Gasteiger partial charge on any atom is -0.282 e. The average Bonchev–Trinajstić information content (AvgIpc) is 2.15. The first-order valence-electron chi connectivity index (χ1n) is 3.85. The molecule has 0 spiro atoms. The summed E-state index contributed by atoms with van der Waals surface area (Å²) in [4.78, 5) is 0. The van der Waals surface area contributed by atoms with Crippen molar-refractivity contribution in [1.82, 2.24) is 0 Å². The van der Waals surface area contributed by atoms with Crippen LogP contribution in [0.1, 0.15) is 12.5 Å². The highest BCUT2D eigenvalue weighted by Gasteiger charge is 1.94. The Morgan fingerprint density at radius 2 is 2.08 bits per heavy atom. The lowest BCUT2D eigenvalue weighted by Gasteiger charge is -2.02. The van der Waals surface area contributed by atoms with Gasteiger partial charge in [-0.25, -0.2) is 5.48 Å². The van der Waals surface area contributed by atoms with Gasteiger partial charge in [0.2, 0.25) is 0 Å². The highest BCUT2D eigenvalue weighted by molar-refractivity contribution is 7.74. The predicted molar refractivity (Wildman–Crippen MR) is 51.3 cm³/mol. The van der Waals surface area contributed by atoms with Crippen molar-refractivity contribution in [2.24, 2.45) is 0 Å². The number of aryl methyl sites for hydroxylation is 1. The third kappa shape index (κ3) is 3.54. The van der Waals surface area contributed by atoms with Crippen molar-refractivity contribution < 1.29 is 13.0 Å². The maximum Gasteiger partial charge on any atom is 0.324 e. The second-order valence-corrected chi connectivity index (χ2v) is 3.05. The van der Waals surface area contributed by atoms with E-state index in [2.05, 4.69) is 16.7 Å². The first-order valence-corrected chi connectivity index (χ1v) is 4.88. The van der Waals surface area contributed by atoms with Crippen LogP contribution in [-0.2, 0) is 22.1 Å². The van der Waals surface area contributed by atoms with E-state index < -0.39 is 11.4 Å². The van der Waals surface area contributed by atoms with E-state index in [9.17, 15) is 4.21 Å². The summed E-state index contributed by atoms with van der Waals surface area (Å²) in [5.74, 6) is 0. The molecule has 0 saturated heterocycles. The van der Waals surface area contributed by atoms with Crippen LogP contribution in [0.15, 0.2) is 24.3 Å². The molecule has 0 radical (unpaired) electrons. The Morgan fingerprint density at radius 3 is 2.54 bits per heavy atom. The predicted octanol–water partition coefficient (Wildman–Crippen LogP) is 1.73. The summed E-state index contributed by atoms with van der Waals surface area (Å²) in [6.45, 7) is 2.06. The summed E-state index contributed by atoms with van der Waals surface area (Å²) >= 11 is -2.28. The maximum atomic E-state index is 10.1. The molecule has 1 rings (SSSR count). The molecule has 0 aliphatic rings. The molecular formula is C8H11NO3S. The second kappa shape index (κ2) is 4.96. The van der Waals surface area contributed by atoms with Crippen molar-refractivity contribution in [2.45, 2.75) is 13.3 Å². The molecule has 0 aromatic heterocycles. The van der Waals surface area contributed by atoms with E-state index >= 15 is 0 Å². The Bertz CT molecular complexity index is 286. The lowest BCUT2D eigenvalue weighted by molar-refractivity contribution is 0.373. The van der Waals surface area contributed by atoms with E-state index in [4.69, 9.17) is 4.55 Å². The molecule has 1 unspecified atom stereocenters. The first kappa shape index (κ1) is 10.2. The van der Waals surface area contributed by atoms with Crippen LogP contribution in [0.3, 0.4) is 0 Å². The van der Waals surface area contributed by atoms with Crippen LogP contribution in [0.5, 0.6) is 0 Å². The highest BCUT2D eigenvalue weighted by atomic mass is 32.2. The Hall–Kier alpha value is -0.910. The lowest BCUT2D eigenvalue weighted by atomic mass is 10.2. The van der Waals surface area contributed by atoms with Gasteiger partial charge in [-0.2, -0.15) is 4.21 Å². The molecule has 0 heterocycles. The van der Waals surface area contributed by atoms with Crippen LogP contribution in [0.2, 0.25) is 0 Å². The van der Waals surface area contributed by atoms with Crippen molar-refractivity contribution in [3.8, 4) is 0 Å². The zero-order valence-electron chi connectivity index (χ0n) is 7.19. The van der Waals surface area contributed by atoms with Gasteiger partial charge >= 0.3 is 11.4 Å². The van der Waals surface area contributed by atoms with E-state index in [-0.39, 0.29) is 0 Å². The Morgan fingerprint density at radius 1 is 1.46 bits per heavy atom. The molecule has 1 atom stereocenters. The van der Waals surface area contributed by atoms with Gasteiger partial charge in [0.1, 0.15) is 0 Å². The van der Waals surface area contributed by atoms with E-state index in [1.54, 1.807) is 12.1 Å². The number of hydrogen-bond donors (Lipinski definition) is 2. The van der Waals surface area contributed by atoms with Crippen LogP contribution >= 0.6 is 0 Å². The number of benzene rings is 1. The Kier molecular flexibility index (Phi) is 3.88. The lowest BCUT2D eigenvalue weighted by Crippen LogP contribution is -2.03. The second-order valence-electron chi connectivity index (χ2n) is 2.45. The fraction of sp³-hybridized carbons (Fsp3) is 0.250. The monoisotopic (exact) mass is 201 g/mol. The standard InChI is InChI=1S/C8H11NO3S/c1-2-7-3-5-8(6-4-7)9-12-13(10)11/h3-6,9H,2H2,1H3,(H,10,11). The summed E-state index contributed by atoms with van der Waals surface area (Å²) < 4.78 is 22.7. The van der Waals surface area contributed by atoms with Gasteiger partial charge in [-0.3, -0.25) is 4.55 Å². The van der Waals surface area contributed by atoms with Gasteiger partial charge in [0, 0.05) is 0 Å². The first-order chi connectivity index (χ1) is 6.22. The molecule has 4 nitrogen and oxygen atoms in total. The van der Waals surface area contributed by atoms with Gasteiger partial charge in [0.05, 0.1) is 5.69 Å². The van der Waals surface area contributed by atoms with E-state index in [1.165, 1.54) is 5.56 Å². The average molecular weight is 201 g/mol. The van der Waals surface area contributed by atoms with Crippen LogP contribution in [0, 0.1) is 0 Å². The van der Waals surface area contributed by atoms with Gasteiger partial charge in [0.25, 0.3) is 0 Å². The van der Waals surface area contributed by atoms with Crippen molar-refractivity contribution in [3.05, 3.63) is 29.8 Å². The zero-order chi connectivity index (χ0) is 9.68. The molecular weight excluding hydrogens is 190 g/mol. The third-order valence-electron chi connectivity index (χ3n) is 1.59. The van der Waals surface area contributed by atoms with Crippen LogP contribution < -0.4 is 5.48 Å². The molecule has 5 heteroatoms. The molecule has 72 valence electrons. The topological polar surface area (TPSA) is 58.6 Å². The minimum atomic E-state index is -2.28. The number of anilines is 1. The molecule has 0 bridgehead atoms. The van der Waals surface area contributed by atoms with Crippen molar-refractivity contribution in [1.29, 1.82) is 0 Å². The van der Waals surface area contributed by atoms with Crippen LogP contribution in [-0.4, -0.2) is 8.76 Å². The van der Waals surface area contributed by atoms with Gasteiger partial charge in [0.15, 0.2) is 0 Å². The van der Waals surface area contributed by atoms with Gasteiger partial charge in [-0.15, -0.1) is 4.28 Å². The smallest absolute Gasteiger partial charge is 0.282 e. The highest BCUT2D eigenvalue weighted by Crippen LogP contribution is 2.09.